The first-order chi connectivity index (χ1) is 20.4. The van der Waals surface area contributed by atoms with Gasteiger partial charge in [0.15, 0.2) is 17.3 Å². The van der Waals surface area contributed by atoms with Gasteiger partial charge in [0.25, 0.3) is 5.56 Å². The summed E-state index contributed by atoms with van der Waals surface area (Å²) in [7, 11) is 0. The molecule has 0 spiro atoms. The van der Waals surface area contributed by atoms with E-state index in [-0.39, 0.29) is 18.0 Å². The van der Waals surface area contributed by atoms with Crippen molar-refractivity contribution in [1.82, 2.24) is 9.66 Å². The molecule has 0 radical (unpaired) electrons. The third-order valence-corrected chi connectivity index (χ3v) is 7.58. The molecule has 6 aromatic rings. The number of furan rings is 1. The molecule has 0 unspecified atom stereocenters. The first kappa shape index (κ1) is 28.0. The monoisotopic (exact) mass is 661 g/mol. The van der Waals surface area contributed by atoms with Gasteiger partial charge in [-0.2, -0.15) is 9.78 Å². The molecule has 0 fully saturated rings. The molecule has 0 saturated heterocycles. The highest BCUT2D eigenvalue weighted by molar-refractivity contribution is 9.10. The second-order valence-corrected chi connectivity index (χ2v) is 11.0. The average Bonchev–Trinajstić information content (AvgIpc) is 3.40. The number of ether oxygens (including phenoxy) is 2. The Morgan fingerprint density at radius 1 is 0.976 bits per heavy atom. The maximum absolute atomic E-state index is 13.6. The molecule has 42 heavy (non-hydrogen) atoms. The molecule has 0 aliphatic rings. The van der Waals surface area contributed by atoms with Gasteiger partial charge in [-0.25, -0.2) is 4.98 Å². The van der Waals surface area contributed by atoms with E-state index in [2.05, 4.69) is 21.0 Å². The number of halogens is 3. The SMILES string of the molecule is CCOc1cc(C=Nn2c(-c3cc4cc(Br)ccc4o3)nc3ccccc3c2=O)cc(Cl)c1OCc1ccccc1Cl. The zero-order valence-electron chi connectivity index (χ0n) is 22.2. The van der Waals surface area contributed by atoms with E-state index in [4.69, 9.17) is 42.1 Å². The molecule has 0 aliphatic heterocycles. The molecular weight excluding hydrogens is 641 g/mol. The molecule has 0 aliphatic carbocycles. The summed E-state index contributed by atoms with van der Waals surface area (Å²) in [6.45, 7) is 2.47. The lowest BCUT2D eigenvalue weighted by atomic mass is 10.2. The Balaban J connectivity index is 1.41. The normalized spacial score (nSPS) is 11.5. The third kappa shape index (κ3) is 5.66. The van der Waals surface area contributed by atoms with Gasteiger partial charge in [-0.15, -0.1) is 0 Å². The van der Waals surface area contributed by atoms with Crippen LogP contribution in [0.2, 0.25) is 10.0 Å². The van der Waals surface area contributed by atoms with Crippen LogP contribution in [-0.4, -0.2) is 22.5 Å². The number of benzene rings is 4. The Bertz CT molecular complexity index is 2040. The topological polar surface area (TPSA) is 78.9 Å². The molecule has 7 nitrogen and oxygen atoms in total. The van der Waals surface area contributed by atoms with E-state index in [0.717, 1.165) is 15.4 Å². The van der Waals surface area contributed by atoms with E-state index in [9.17, 15) is 4.79 Å². The molecular formula is C32H22BrCl2N3O4. The quantitative estimate of drug-likeness (QED) is 0.152. The first-order valence-electron chi connectivity index (χ1n) is 13.0. The summed E-state index contributed by atoms with van der Waals surface area (Å²) < 4.78 is 20.1. The second kappa shape index (κ2) is 12.0. The molecule has 210 valence electrons. The number of para-hydroxylation sites is 1. The minimum Gasteiger partial charge on any atom is -0.490 e. The molecule has 10 heteroatoms. The van der Waals surface area contributed by atoms with Gasteiger partial charge in [0.05, 0.1) is 28.7 Å². The Kier molecular flexibility index (Phi) is 8.02. The van der Waals surface area contributed by atoms with Crippen LogP contribution in [0.5, 0.6) is 11.5 Å². The second-order valence-electron chi connectivity index (χ2n) is 9.25. The molecule has 0 amide bonds. The summed E-state index contributed by atoms with van der Waals surface area (Å²) in [6, 6.07) is 25.5. The number of hydrogen-bond acceptors (Lipinski definition) is 6. The standard InChI is InChI=1S/C32H22BrCl2N3O4/c1-2-40-28-14-19(13-25(35)30(28)41-18-20-7-3-5-9-24(20)34)17-36-38-31(37-26-10-6-4-8-23(26)32(38)39)29-16-21-15-22(33)11-12-27(21)42-29/h3-17H,2,18H2,1H3. The molecule has 0 N–H and O–H groups in total. The van der Waals surface area contributed by atoms with Crippen molar-refractivity contribution in [3.05, 3.63) is 121 Å². The molecule has 0 bridgehead atoms. The summed E-state index contributed by atoms with van der Waals surface area (Å²) in [5.41, 5.74) is 2.26. The number of nitrogens with zero attached hydrogens (tertiary/aromatic N) is 3. The zero-order valence-corrected chi connectivity index (χ0v) is 25.3. The summed E-state index contributed by atoms with van der Waals surface area (Å²) in [6.07, 6.45) is 1.52. The number of aromatic nitrogens is 2. The largest absolute Gasteiger partial charge is 0.490 e. The van der Waals surface area contributed by atoms with Gasteiger partial charge in [-0.05, 0) is 67.1 Å². The lowest BCUT2D eigenvalue weighted by Crippen LogP contribution is -2.20. The van der Waals surface area contributed by atoms with Crippen LogP contribution >= 0.6 is 39.1 Å². The van der Waals surface area contributed by atoms with Gasteiger partial charge < -0.3 is 13.9 Å². The van der Waals surface area contributed by atoms with Crippen LogP contribution in [0.4, 0.5) is 0 Å². The van der Waals surface area contributed by atoms with E-state index in [1.54, 1.807) is 36.4 Å². The van der Waals surface area contributed by atoms with E-state index < -0.39 is 0 Å². The van der Waals surface area contributed by atoms with Crippen molar-refractivity contribution in [1.29, 1.82) is 0 Å². The molecule has 6 rings (SSSR count). The number of hydrogen-bond donors (Lipinski definition) is 0. The number of fused-ring (bicyclic) bond motifs is 2. The maximum Gasteiger partial charge on any atom is 0.282 e. The predicted molar refractivity (Wildman–Crippen MR) is 170 cm³/mol. The minimum absolute atomic E-state index is 0.211. The van der Waals surface area contributed by atoms with Crippen LogP contribution in [0, 0.1) is 0 Å². The van der Waals surface area contributed by atoms with Gasteiger partial charge >= 0.3 is 0 Å². The van der Waals surface area contributed by atoms with Crippen molar-refractivity contribution in [2.24, 2.45) is 5.10 Å². The van der Waals surface area contributed by atoms with E-state index in [0.29, 0.717) is 56.0 Å². The highest BCUT2D eigenvalue weighted by Crippen LogP contribution is 2.37. The van der Waals surface area contributed by atoms with Crippen molar-refractivity contribution in [2.75, 3.05) is 6.61 Å². The zero-order chi connectivity index (χ0) is 29.2. The fourth-order valence-corrected chi connectivity index (χ4v) is 5.31. The smallest absolute Gasteiger partial charge is 0.282 e. The van der Waals surface area contributed by atoms with Crippen LogP contribution in [-0.2, 0) is 6.61 Å². The average molecular weight is 663 g/mol. The van der Waals surface area contributed by atoms with Crippen molar-refractivity contribution in [2.45, 2.75) is 13.5 Å². The van der Waals surface area contributed by atoms with Gasteiger partial charge in [0.2, 0.25) is 5.82 Å². The van der Waals surface area contributed by atoms with Gasteiger partial charge in [-0.3, -0.25) is 4.79 Å². The van der Waals surface area contributed by atoms with Crippen LogP contribution in [0.1, 0.15) is 18.1 Å². The summed E-state index contributed by atoms with van der Waals surface area (Å²) >= 11 is 16.4. The highest BCUT2D eigenvalue weighted by atomic mass is 79.9. The van der Waals surface area contributed by atoms with Gasteiger partial charge in [0.1, 0.15) is 12.2 Å². The Morgan fingerprint density at radius 2 is 1.79 bits per heavy atom. The van der Waals surface area contributed by atoms with Crippen molar-refractivity contribution >= 4 is 67.2 Å². The maximum atomic E-state index is 13.6. The van der Waals surface area contributed by atoms with Crippen LogP contribution in [0.25, 0.3) is 33.5 Å². The first-order valence-corrected chi connectivity index (χ1v) is 14.5. The fraction of sp³-hybridized carbons (Fsp3) is 0.0938. The Morgan fingerprint density at radius 3 is 2.62 bits per heavy atom. The Hall–Kier alpha value is -4.11. The molecule has 0 saturated carbocycles. The number of rotatable bonds is 8. The predicted octanol–water partition coefficient (Wildman–Crippen LogP) is 8.74. The minimum atomic E-state index is -0.343. The van der Waals surface area contributed by atoms with Crippen molar-refractivity contribution in [3.8, 4) is 23.1 Å². The lowest BCUT2D eigenvalue weighted by Gasteiger charge is -2.15. The molecule has 4 aromatic carbocycles. The fourth-order valence-electron chi connectivity index (χ4n) is 4.47. The van der Waals surface area contributed by atoms with Crippen LogP contribution < -0.4 is 15.0 Å². The van der Waals surface area contributed by atoms with Crippen LogP contribution in [0.15, 0.2) is 104 Å². The summed E-state index contributed by atoms with van der Waals surface area (Å²) in [4.78, 5) is 18.4. The third-order valence-electron chi connectivity index (χ3n) is 6.44. The summed E-state index contributed by atoms with van der Waals surface area (Å²) in [5, 5.41) is 6.74. The molecule has 2 heterocycles. The lowest BCUT2D eigenvalue weighted by molar-refractivity contribution is 0.269. The van der Waals surface area contributed by atoms with Crippen molar-refractivity contribution < 1.29 is 13.9 Å². The van der Waals surface area contributed by atoms with Crippen molar-refractivity contribution in [3.63, 3.8) is 0 Å². The van der Waals surface area contributed by atoms with Gasteiger partial charge in [0, 0.05) is 20.4 Å². The van der Waals surface area contributed by atoms with E-state index in [1.165, 1.54) is 10.9 Å². The molecule has 0 atom stereocenters. The van der Waals surface area contributed by atoms with Gasteiger partial charge in [-0.1, -0.05) is 69.5 Å². The van der Waals surface area contributed by atoms with E-state index in [1.807, 2.05) is 55.5 Å². The van der Waals surface area contributed by atoms with E-state index >= 15 is 0 Å². The highest BCUT2D eigenvalue weighted by Gasteiger charge is 2.18. The Labute approximate surface area is 259 Å². The summed E-state index contributed by atoms with van der Waals surface area (Å²) in [5.74, 6) is 1.48. The van der Waals surface area contributed by atoms with Crippen LogP contribution in [0.3, 0.4) is 0 Å². The molecule has 2 aromatic heterocycles.